The number of hydrogen-bond donors (Lipinski definition) is 1. The molecule has 0 bridgehead atoms. The Morgan fingerprint density at radius 1 is 1.44 bits per heavy atom. The molecule has 0 fully saturated rings. The van der Waals surface area contributed by atoms with Crippen LogP contribution in [0.4, 0.5) is 4.39 Å². The van der Waals surface area contributed by atoms with Gasteiger partial charge in [0.15, 0.2) is 11.6 Å². The van der Waals surface area contributed by atoms with Crippen molar-refractivity contribution in [1.29, 1.82) is 0 Å². The maximum absolute atomic E-state index is 13.1. The second-order valence-corrected chi connectivity index (χ2v) is 3.79. The van der Waals surface area contributed by atoms with E-state index in [4.69, 9.17) is 9.84 Å². The molecule has 0 aliphatic rings. The number of halogens is 1. The lowest BCUT2D eigenvalue weighted by atomic mass is 10.1. The van der Waals surface area contributed by atoms with Gasteiger partial charge in [-0.1, -0.05) is 6.07 Å². The quantitative estimate of drug-likeness (QED) is 0.849. The summed E-state index contributed by atoms with van der Waals surface area (Å²) in [4.78, 5) is 23.2. The molecule has 1 amide bonds. The first kappa shape index (κ1) is 14.0. The third kappa shape index (κ3) is 3.73. The number of amides is 1. The van der Waals surface area contributed by atoms with E-state index in [1.54, 1.807) is 0 Å². The standard InChI is InChI=1S/C12H14FNO4/c1-14(7-12(16)17)11(15)6-8-3-4-9(13)10(5-8)18-2/h3-5H,6-7H2,1-2H3,(H,16,17). The number of rotatable bonds is 5. The summed E-state index contributed by atoms with van der Waals surface area (Å²) in [6.45, 7) is -0.364. The van der Waals surface area contributed by atoms with Crippen LogP contribution in [0, 0.1) is 5.82 Å². The number of likely N-dealkylation sites (N-methyl/N-ethyl adjacent to an activating group) is 1. The Balaban J connectivity index is 2.72. The van der Waals surface area contributed by atoms with E-state index in [1.807, 2.05) is 0 Å². The summed E-state index contributed by atoms with van der Waals surface area (Å²) in [5.41, 5.74) is 0.565. The van der Waals surface area contributed by atoms with Gasteiger partial charge in [0, 0.05) is 7.05 Å². The van der Waals surface area contributed by atoms with Crippen LogP contribution in [0.15, 0.2) is 18.2 Å². The van der Waals surface area contributed by atoms with Crippen LogP contribution in [0.1, 0.15) is 5.56 Å². The number of carbonyl (C=O) groups excluding carboxylic acids is 1. The van der Waals surface area contributed by atoms with Gasteiger partial charge in [0.05, 0.1) is 13.5 Å². The van der Waals surface area contributed by atoms with E-state index in [2.05, 4.69) is 0 Å². The maximum atomic E-state index is 13.1. The van der Waals surface area contributed by atoms with Crippen LogP contribution >= 0.6 is 0 Å². The van der Waals surface area contributed by atoms with Crippen molar-refractivity contribution in [3.05, 3.63) is 29.6 Å². The van der Waals surface area contributed by atoms with Crippen LogP contribution in [-0.2, 0) is 16.0 Å². The Morgan fingerprint density at radius 2 is 2.11 bits per heavy atom. The van der Waals surface area contributed by atoms with Crippen molar-refractivity contribution in [2.45, 2.75) is 6.42 Å². The zero-order valence-electron chi connectivity index (χ0n) is 10.1. The molecule has 1 N–H and O–H groups in total. The second-order valence-electron chi connectivity index (χ2n) is 3.79. The van der Waals surface area contributed by atoms with Crippen molar-refractivity contribution < 1.29 is 23.8 Å². The number of carboxylic acids is 1. The number of nitrogens with zero attached hydrogens (tertiary/aromatic N) is 1. The fraction of sp³-hybridized carbons (Fsp3) is 0.333. The molecule has 5 nitrogen and oxygen atoms in total. The number of ether oxygens (including phenoxy) is 1. The summed E-state index contributed by atoms with van der Waals surface area (Å²) >= 11 is 0. The van der Waals surface area contributed by atoms with E-state index in [-0.39, 0.29) is 24.6 Å². The van der Waals surface area contributed by atoms with E-state index >= 15 is 0 Å². The van der Waals surface area contributed by atoms with Crippen LogP contribution in [-0.4, -0.2) is 42.6 Å². The lowest BCUT2D eigenvalue weighted by Crippen LogP contribution is -2.33. The third-order valence-corrected chi connectivity index (χ3v) is 2.37. The first-order valence-electron chi connectivity index (χ1n) is 5.22. The molecule has 0 aliphatic heterocycles. The van der Waals surface area contributed by atoms with Crippen molar-refractivity contribution >= 4 is 11.9 Å². The third-order valence-electron chi connectivity index (χ3n) is 2.37. The van der Waals surface area contributed by atoms with E-state index in [0.717, 1.165) is 4.90 Å². The molecule has 98 valence electrons. The van der Waals surface area contributed by atoms with Gasteiger partial charge in [0.2, 0.25) is 5.91 Å². The summed E-state index contributed by atoms with van der Waals surface area (Å²) in [6, 6.07) is 4.09. The highest BCUT2D eigenvalue weighted by Gasteiger charge is 2.13. The van der Waals surface area contributed by atoms with Crippen LogP contribution in [0.2, 0.25) is 0 Å². The van der Waals surface area contributed by atoms with Crippen molar-refractivity contribution in [3.63, 3.8) is 0 Å². The molecular formula is C12H14FNO4. The van der Waals surface area contributed by atoms with Crippen LogP contribution < -0.4 is 4.74 Å². The highest BCUT2D eigenvalue weighted by Crippen LogP contribution is 2.18. The van der Waals surface area contributed by atoms with Gasteiger partial charge < -0.3 is 14.7 Å². The Morgan fingerprint density at radius 3 is 2.67 bits per heavy atom. The van der Waals surface area contributed by atoms with E-state index < -0.39 is 11.8 Å². The monoisotopic (exact) mass is 255 g/mol. The minimum Gasteiger partial charge on any atom is -0.494 e. The molecule has 0 heterocycles. The summed E-state index contributed by atoms with van der Waals surface area (Å²) in [6.07, 6.45) is 0.000417. The number of carboxylic acid groups (broad SMARTS) is 1. The first-order valence-corrected chi connectivity index (χ1v) is 5.22. The molecule has 0 unspecified atom stereocenters. The van der Waals surface area contributed by atoms with Gasteiger partial charge in [-0.05, 0) is 17.7 Å². The SMILES string of the molecule is COc1cc(CC(=O)N(C)CC(=O)O)ccc1F. The van der Waals surface area contributed by atoms with E-state index in [9.17, 15) is 14.0 Å². The number of aliphatic carboxylic acids is 1. The lowest BCUT2D eigenvalue weighted by Gasteiger charge is -2.14. The molecule has 0 aliphatic carbocycles. The van der Waals surface area contributed by atoms with Crippen molar-refractivity contribution in [1.82, 2.24) is 4.90 Å². The van der Waals surface area contributed by atoms with Crippen LogP contribution in [0.25, 0.3) is 0 Å². The van der Waals surface area contributed by atoms with E-state index in [1.165, 1.54) is 32.4 Å². The Kier molecular flexibility index (Phi) is 4.65. The van der Waals surface area contributed by atoms with Gasteiger partial charge in [-0.2, -0.15) is 0 Å². The van der Waals surface area contributed by atoms with Crippen molar-refractivity contribution in [3.8, 4) is 5.75 Å². The molecule has 1 aromatic carbocycles. The molecule has 0 atom stereocenters. The maximum Gasteiger partial charge on any atom is 0.323 e. The summed E-state index contributed by atoms with van der Waals surface area (Å²) in [7, 11) is 2.73. The fourth-order valence-corrected chi connectivity index (χ4v) is 1.41. The lowest BCUT2D eigenvalue weighted by molar-refractivity contribution is -0.143. The number of benzene rings is 1. The molecule has 0 radical (unpaired) electrons. The summed E-state index contributed by atoms with van der Waals surface area (Å²) < 4.78 is 17.9. The average molecular weight is 255 g/mol. The van der Waals surface area contributed by atoms with E-state index in [0.29, 0.717) is 5.56 Å². The summed E-state index contributed by atoms with van der Waals surface area (Å²) in [5.74, 6) is -1.89. The number of hydrogen-bond acceptors (Lipinski definition) is 3. The smallest absolute Gasteiger partial charge is 0.323 e. The fourth-order valence-electron chi connectivity index (χ4n) is 1.41. The van der Waals surface area contributed by atoms with Crippen molar-refractivity contribution in [2.24, 2.45) is 0 Å². The minimum atomic E-state index is -1.08. The molecule has 18 heavy (non-hydrogen) atoms. The molecule has 1 rings (SSSR count). The Bertz CT molecular complexity index is 461. The average Bonchev–Trinajstić information content (AvgIpc) is 2.30. The van der Waals surface area contributed by atoms with Gasteiger partial charge in [-0.15, -0.1) is 0 Å². The number of methoxy groups -OCH3 is 1. The predicted molar refractivity (Wildman–Crippen MR) is 61.9 cm³/mol. The second kappa shape index (κ2) is 6.00. The Hall–Kier alpha value is -2.11. The van der Waals surface area contributed by atoms with Crippen molar-refractivity contribution in [2.75, 3.05) is 20.7 Å². The molecule has 1 aromatic rings. The zero-order chi connectivity index (χ0) is 13.7. The van der Waals surface area contributed by atoms with Gasteiger partial charge >= 0.3 is 5.97 Å². The highest BCUT2D eigenvalue weighted by molar-refractivity contribution is 5.82. The minimum absolute atomic E-state index is 0.000417. The van der Waals surface area contributed by atoms with Gasteiger partial charge in [-0.25, -0.2) is 4.39 Å². The zero-order valence-corrected chi connectivity index (χ0v) is 10.1. The molecule has 0 saturated carbocycles. The molecular weight excluding hydrogens is 241 g/mol. The molecule has 0 aromatic heterocycles. The number of carbonyl (C=O) groups is 2. The Labute approximate surface area is 104 Å². The molecule has 6 heteroatoms. The molecule has 0 spiro atoms. The van der Waals surface area contributed by atoms with Gasteiger partial charge in [0.25, 0.3) is 0 Å². The molecule has 0 saturated heterocycles. The summed E-state index contributed by atoms with van der Waals surface area (Å²) in [5, 5.41) is 8.55. The van der Waals surface area contributed by atoms with Gasteiger partial charge in [0.1, 0.15) is 6.54 Å². The first-order chi connectivity index (χ1) is 8.43. The van der Waals surface area contributed by atoms with Gasteiger partial charge in [-0.3, -0.25) is 9.59 Å². The van der Waals surface area contributed by atoms with Crippen LogP contribution in [0.3, 0.4) is 0 Å². The normalized spacial score (nSPS) is 9.94. The topological polar surface area (TPSA) is 66.8 Å². The highest BCUT2D eigenvalue weighted by atomic mass is 19.1. The largest absolute Gasteiger partial charge is 0.494 e. The predicted octanol–water partition coefficient (Wildman–Crippen LogP) is 0.920. The van der Waals surface area contributed by atoms with Crippen LogP contribution in [0.5, 0.6) is 5.75 Å².